The summed E-state index contributed by atoms with van der Waals surface area (Å²) in [5, 5.41) is 9.23. The van der Waals surface area contributed by atoms with Crippen molar-refractivity contribution in [3.05, 3.63) is 60.2 Å². The fraction of sp³-hybridized carbons (Fsp3) is 0.278. The summed E-state index contributed by atoms with van der Waals surface area (Å²) in [6.45, 7) is 0.625. The Balaban J connectivity index is 2.20. The molecule has 6 nitrogen and oxygen atoms in total. The summed E-state index contributed by atoms with van der Waals surface area (Å²) in [5.74, 6) is -0.619. The zero-order chi connectivity index (χ0) is 17.9. The maximum absolute atomic E-state index is 13.1. The molecule has 1 aliphatic heterocycles. The number of hydrogen-bond donors (Lipinski definition) is 2. The summed E-state index contributed by atoms with van der Waals surface area (Å²) in [7, 11) is -3.80. The Morgan fingerprint density at radius 2 is 1.60 bits per heavy atom. The van der Waals surface area contributed by atoms with Crippen molar-refractivity contribution >= 4 is 15.7 Å². The van der Waals surface area contributed by atoms with Crippen molar-refractivity contribution in [2.75, 3.05) is 13.2 Å². The molecule has 132 valence electrons. The maximum Gasteiger partial charge on any atom is 0.254 e. The average Bonchev–Trinajstić information content (AvgIpc) is 2.68. The summed E-state index contributed by atoms with van der Waals surface area (Å²) in [4.78, 5) is 12.7. The number of ether oxygens (including phenoxy) is 1. The molecular weight excluding hydrogens is 342 g/mol. The van der Waals surface area contributed by atoms with Gasteiger partial charge in [-0.25, -0.2) is 13.9 Å². The molecule has 2 aromatic rings. The van der Waals surface area contributed by atoms with E-state index >= 15 is 0 Å². The highest BCUT2D eigenvalue weighted by Gasteiger charge is 2.44. The van der Waals surface area contributed by atoms with Crippen LogP contribution in [0.1, 0.15) is 18.4 Å². The lowest BCUT2D eigenvalue weighted by atomic mass is 9.73. The second kappa shape index (κ2) is 6.95. The second-order valence-electron chi connectivity index (χ2n) is 5.95. The highest BCUT2D eigenvalue weighted by molar-refractivity contribution is 7.91. The minimum Gasteiger partial charge on any atom is -0.381 e. The number of amides is 1. The summed E-state index contributed by atoms with van der Waals surface area (Å²) >= 11 is 0. The Hall–Kier alpha value is -2.22. The van der Waals surface area contributed by atoms with Crippen LogP contribution in [0.25, 0.3) is 0 Å². The van der Waals surface area contributed by atoms with E-state index in [2.05, 4.69) is 0 Å². The third kappa shape index (κ3) is 3.06. The van der Waals surface area contributed by atoms with Gasteiger partial charge in [0, 0.05) is 13.2 Å². The first-order valence-electron chi connectivity index (χ1n) is 7.94. The molecule has 0 saturated carbocycles. The lowest BCUT2D eigenvalue weighted by Crippen LogP contribution is -2.47. The van der Waals surface area contributed by atoms with Crippen LogP contribution in [0.5, 0.6) is 0 Å². The molecule has 0 aliphatic carbocycles. The molecule has 0 atom stereocenters. The van der Waals surface area contributed by atoms with E-state index in [1.807, 2.05) is 0 Å². The first-order chi connectivity index (χ1) is 12.0. The zero-order valence-electron chi connectivity index (χ0n) is 13.5. The van der Waals surface area contributed by atoms with Gasteiger partial charge in [-0.1, -0.05) is 36.4 Å². The molecule has 3 rings (SSSR count). The molecule has 1 saturated heterocycles. The van der Waals surface area contributed by atoms with E-state index in [0.717, 1.165) is 0 Å². The monoisotopic (exact) mass is 361 g/mol. The quantitative estimate of drug-likeness (QED) is 0.642. The molecule has 7 heteroatoms. The van der Waals surface area contributed by atoms with Crippen LogP contribution in [0.3, 0.4) is 0 Å². The average molecular weight is 361 g/mol. The van der Waals surface area contributed by atoms with Gasteiger partial charge in [0.2, 0.25) is 9.84 Å². The van der Waals surface area contributed by atoms with Crippen LogP contribution in [0.4, 0.5) is 0 Å². The highest BCUT2D eigenvalue weighted by Crippen LogP contribution is 2.40. The van der Waals surface area contributed by atoms with Crippen molar-refractivity contribution in [3.8, 4) is 0 Å². The summed E-state index contributed by atoms with van der Waals surface area (Å²) in [5.41, 5.74) is 0.939. The Kier molecular flexibility index (Phi) is 4.89. The molecule has 0 aromatic heterocycles. The maximum atomic E-state index is 13.1. The number of sulfone groups is 1. The molecule has 25 heavy (non-hydrogen) atoms. The lowest BCUT2D eigenvalue weighted by molar-refractivity contribution is -0.139. The van der Waals surface area contributed by atoms with Gasteiger partial charge in [0.05, 0.1) is 15.2 Å². The Morgan fingerprint density at radius 3 is 2.24 bits per heavy atom. The van der Waals surface area contributed by atoms with Crippen molar-refractivity contribution < 1.29 is 23.2 Å². The minimum absolute atomic E-state index is 0.0756. The molecule has 2 N–H and O–H groups in total. The third-order valence-corrected chi connectivity index (χ3v) is 6.46. The molecule has 0 bridgehead atoms. The molecule has 0 spiro atoms. The lowest BCUT2D eigenvalue weighted by Gasteiger charge is -2.36. The smallest absolute Gasteiger partial charge is 0.254 e. The normalized spacial score (nSPS) is 17.0. The SMILES string of the molecule is O=C(NO)C1(c2ccccc2S(=O)(=O)c2ccccc2)CCOCC1. The second-order valence-corrected chi connectivity index (χ2v) is 7.87. The van der Waals surface area contributed by atoms with Crippen LogP contribution < -0.4 is 5.48 Å². The van der Waals surface area contributed by atoms with Crippen LogP contribution >= 0.6 is 0 Å². The number of hydroxylamine groups is 1. The van der Waals surface area contributed by atoms with Crippen LogP contribution in [0.2, 0.25) is 0 Å². The van der Waals surface area contributed by atoms with Gasteiger partial charge in [-0.2, -0.15) is 0 Å². The summed E-state index contributed by atoms with van der Waals surface area (Å²) in [6, 6.07) is 14.6. The van der Waals surface area contributed by atoms with Gasteiger partial charge in [0.25, 0.3) is 5.91 Å². The van der Waals surface area contributed by atoms with E-state index in [0.29, 0.717) is 31.6 Å². The summed E-state index contributed by atoms with van der Waals surface area (Å²) < 4.78 is 31.6. The number of benzene rings is 2. The van der Waals surface area contributed by atoms with Gasteiger partial charge in [-0.15, -0.1) is 0 Å². The number of rotatable bonds is 4. The number of hydrogen-bond acceptors (Lipinski definition) is 5. The van der Waals surface area contributed by atoms with Crippen molar-refractivity contribution in [1.82, 2.24) is 5.48 Å². The highest BCUT2D eigenvalue weighted by atomic mass is 32.2. The van der Waals surface area contributed by atoms with Crippen molar-refractivity contribution in [2.45, 2.75) is 28.0 Å². The third-order valence-electron chi connectivity index (χ3n) is 4.63. The van der Waals surface area contributed by atoms with Crippen LogP contribution in [0, 0.1) is 0 Å². The van der Waals surface area contributed by atoms with Crippen molar-refractivity contribution in [1.29, 1.82) is 0 Å². The zero-order valence-corrected chi connectivity index (χ0v) is 14.3. The van der Waals surface area contributed by atoms with Gasteiger partial charge >= 0.3 is 0 Å². The van der Waals surface area contributed by atoms with E-state index in [-0.39, 0.29) is 9.79 Å². The Labute approximate surface area is 146 Å². The van der Waals surface area contributed by atoms with E-state index in [1.165, 1.54) is 18.2 Å². The van der Waals surface area contributed by atoms with Crippen LogP contribution in [-0.4, -0.2) is 32.7 Å². The molecule has 1 fully saturated rings. The van der Waals surface area contributed by atoms with Gasteiger partial charge in [-0.3, -0.25) is 10.0 Å². The Bertz CT molecular complexity index is 858. The first-order valence-corrected chi connectivity index (χ1v) is 9.42. The van der Waals surface area contributed by atoms with E-state index in [9.17, 15) is 18.4 Å². The van der Waals surface area contributed by atoms with E-state index < -0.39 is 21.2 Å². The topological polar surface area (TPSA) is 92.7 Å². The van der Waals surface area contributed by atoms with Crippen molar-refractivity contribution in [2.24, 2.45) is 0 Å². The first kappa shape index (κ1) is 17.6. The minimum atomic E-state index is -3.80. The predicted octanol–water partition coefficient (Wildman–Crippen LogP) is 2.07. The van der Waals surface area contributed by atoms with Gasteiger partial charge in [0.15, 0.2) is 0 Å². The summed E-state index contributed by atoms with van der Waals surface area (Å²) in [6.07, 6.45) is 0.585. The van der Waals surface area contributed by atoms with Crippen LogP contribution in [-0.2, 0) is 24.8 Å². The fourth-order valence-electron chi connectivity index (χ4n) is 3.27. The number of nitrogens with one attached hydrogen (secondary N) is 1. The molecule has 0 radical (unpaired) electrons. The number of carbonyl (C=O) groups excluding carboxylic acids is 1. The van der Waals surface area contributed by atoms with Gasteiger partial charge in [-0.05, 0) is 36.6 Å². The van der Waals surface area contributed by atoms with Crippen LogP contribution in [0.15, 0.2) is 64.4 Å². The molecule has 1 amide bonds. The Morgan fingerprint density at radius 1 is 1.00 bits per heavy atom. The van der Waals surface area contributed by atoms with Gasteiger partial charge < -0.3 is 4.74 Å². The van der Waals surface area contributed by atoms with Crippen molar-refractivity contribution in [3.63, 3.8) is 0 Å². The number of carbonyl (C=O) groups is 1. The van der Waals surface area contributed by atoms with E-state index in [4.69, 9.17) is 4.74 Å². The molecule has 1 aliphatic rings. The van der Waals surface area contributed by atoms with Gasteiger partial charge in [0.1, 0.15) is 0 Å². The molecular formula is C18H19NO5S. The fourth-order valence-corrected chi connectivity index (χ4v) is 4.85. The predicted molar refractivity (Wildman–Crippen MR) is 90.0 cm³/mol. The molecule has 2 aromatic carbocycles. The van der Waals surface area contributed by atoms with E-state index in [1.54, 1.807) is 41.9 Å². The standard InChI is InChI=1S/C18H19NO5S/c20-17(19-21)18(10-12-24-13-11-18)15-8-4-5-9-16(15)25(22,23)14-6-2-1-3-7-14/h1-9,21H,10-13H2,(H,19,20). The largest absolute Gasteiger partial charge is 0.381 e. The molecule has 0 unspecified atom stereocenters. The molecule has 1 heterocycles.